The summed E-state index contributed by atoms with van der Waals surface area (Å²) < 4.78 is 98.2. The molecule has 1 aromatic heterocycles. The lowest BCUT2D eigenvalue weighted by Crippen LogP contribution is -2.40. The van der Waals surface area contributed by atoms with Gasteiger partial charge < -0.3 is 14.4 Å². The van der Waals surface area contributed by atoms with Crippen molar-refractivity contribution >= 4 is 16.8 Å². The minimum atomic E-state index is -4.51. The lowest BCUT2D eigenvalue weighted by atomic mass is 10.0. The van der Waals surface area contributed by atoms with E-state index in [9.17, 15) is 35.9 Å². The van der Waals surface area contributed by atoms with Gasteiger partial charge in [-0.3, -0.25) is 9.59 Å². The first kappa shape index (κ1) is 37.2. The summed E-state index contributed by atoms with van der Waals surface area (Å²) >= 11 is 0. The van der Waals surface area contributed by atoms with Gasteiger partial charge in [-0.15, -0.1) is 0 Å². The van der Waals surface area contributed by atoms with Crippen molar-refractivity contribution in [3.05, 3.63) is 135 Å². The Labute approximate surface area is 289 Å². The first-order chi connectivity index (χ1) is 24.3. The number of aryl methyl sites for hydroxylation is 2. The average Bonchev–Trinajstić information content (AvgIpc) is 3.11. The Hall–Kier alpha value is -5.04. The molecule has 5 rings (SSSR count). The molecule has 1 amide bonds. The first-order valence-corrected chi connectivity index (χ1v) is 16.4. The van der Waals surface area contributed by atoms with E-state index in [1.807, 2.05) is 13.8 Å². The number of likely N-dealkylation sites (N-methyl/N-ethyl adjacent to an activating group) is 1. The van der Waals surface area contributed by atoms with E-state index >= 15 is 4.39 Å². The van der Waals surface area contributed by atoms with E-state index in [-0.39, 0.29) is 54.8 Å². The number of alkyl halides is 3. The third-order valence-corrected chi connectivity index (χ3v) is 8.89. The minimum Gasteiger partial charge on any atom is -0.335 e. The van der Waals surface area contributed by atoms with E-state index in [2.05, 4.69) is 9.88 Å². The van der Waals surface area contributed by atoms with Gasteiger partial charge in [-0.05, 0) is 72.6 Å². The zero-order valence-corrected chi connectivity index (χ0v) is 27.9. The predicted octanol–water partition coefficient (Wildman–Crippen LogP) is 7.79. The monoisotopic (exact) mass is 712 g/mol. The summed E-state index contributed by atoms with van der Waals surface area (Å²) in [5.74, 6) is -5.28. The van der Waals surface area contributed by atoms with Crippen LogP contribution in [0.15, 0.2) is 83.7 Å². The molecule has 51 heavy (non-hydrogen) atoms. The number of halogens is 7. The summed E-state index contributed by atoms with van der Waals surface area (Å²) in [6.45, 7) is 5.55. The number of carbonyl (C=O) groups excluding carboxylic acids is 1. The summed E-state index contributed by atoms with van der Waals surface area (Å²) in [6, 6.07) is 17.0. The molecule has 0 aliphatic carbocycles. The second-order valence-corrected chi connectivity index (χ2v) is 12.0. The Bertz CT molecular complexity index is 2080. The molecule has 0 saturated carbocycles. The predicted molar refractivity (Wildman–Crippen MR) is 180 cm³/mol. The van der Waals surface area contributed by atoms with Gasteiger partial charge in [0.05, 0.1) is 16.5 Å². The number of para-hydroxylation sites is 1. The summed E-state index contributed by atoms with van der Waals surface area (Å²) in [5, 5.41) is 0.229. The molecule has 0 N–H and O–H groups in total. The molecule has 0 saturated heterocycles. The fourth-order valence-electron chi connectivity index (χ4n) is 5.88. The van der Waals surface area contributed by atoms with Crippen LogP contribution in [0.1, 0.15) is 36.4 Å². The van der Waals surface area contributed by atoms with Gasteiger partial charge >= 0.3 is 6.18 Å². The highest BCUT2D eigenvalue weighted by molar-refractivity contribution is 5.82. The van der Waals surface area contributed by atoms with Crippen LogP contribution in [-0.4, -0.2) is 51.4 Å². The number of hydrogen-bond acceptors (Lipinski definition) is 4. The molecule has 0 aliphatic rings. The van der Waals surface area contributed by atoms with Crippen LogP contribution in [0.25, 0.3) is 22.0 Å². The van der Waals surface area contributed by atoms with Gasteiger partial charge in [-0.2, -0.15) is 18.2 Å². The lowest BCUT2D eigenvalue weighted by molar-refractivity contribution is -0.137. The van der Waals surface area contributed by atoms with Crippen LogP contribution in [0, 0.1) is 23.3 Å². The highest BCUT2D eigenvalue weighted by atomic mass is 19.4. The van der Waals surface area contributed by atoms with Crippen LogP contribution in [0.3, 0.4) is 0 Å². The maximum atomic E-state index is 15.6. The number of benzene rings is 4. The van der Waals surface area contributed by atoms with E-state index in [1.165, 1.54) is 33.7 Å². The number of aromatic nitrogens is 2. The molecular formula is C38H35F7N4O2. The fourth-order valence-corrected chi connectivity index (χ4v) is 5.88. The minimum absolute atomic E-state index is 0.0885. The molecule has 5 aromatic rings. The fraction of sp³-hybridized carbons (Fsp3) is 0.289. The van der Waals surface area contributed by atoms with Crippen LogP contribution in [-0.2, 0) is 36.9 Å². The summed E-state index contributed by atoms with van der Waals surface area (Å²) in [7, 11) is 0. The number of amides is 1. The highest BCUT2D eigenvalue weighted by Crippen LogP contribution is 2.31. The number of nitrogens with zero attached hydrogens (tertiary/aromatic N) is 4. The molecule has 0 fully saturated rings. The largest absolute Gasteiger partial charge is 0.416 e. The van der Waals surface area contributed by atoms with Crippen molar-refractivity contribution in [1.82, 2.24) is 19.4 Å². The molecule has 1 heterocycles. The van der Waals surface area contributed by atoms with Gasteiger partial charge in [0, 0.05) is 31.6 Å². The van der Waals surface area contributed by atoms with Crippen molar-refractivity contribution in [2.24, 2.45) is 0 Å². The standard InChI is InChI=1S/C38H35F7N4O2/c1-3-47(4-2)19-20-48(22-27-10-9-26(21-31(27)40)24-11-15-28(16-12-24)38(43,44)45)34(50)23-49-32-8-6-5-7-29(32)37(51)46-33(49)18-14-25-13-17-30(39)36(42)35(25)41/h5-13,15-17,21H,3-4,14,18-20,22-23H2,1-2H3. The van der Waals surface area contributed by atoms with Gasteiger partial charge in [-0.1, -0.05) is 56.3 Å². The Morgan fingerprint density at radius 3 is 2.10 bits per heavy atom. The zero-order valence-electron chi connectivity index (χ0n) is 27.9. The van der Waals surface area contributed by atoms with Crippen LogP contribution < -0.4 is 5.56 Å². The number of carbonyl (C=O) groups is 1. The maximum Gasteiger partial charge on any atom is 0.416 e. The van der Waals surface area contributed by atoms with E-state index in [0.29, 0.717) is 36.3 Å². The maximum absolute atomic E-state index is 15.6. The van der Waals surface area contributed by atoms with Gasteiger partial charge in [0.1, 0.15) is 18.2 Å². The molecule has 6 nitrogen and oxygen atoms in total. The molecule has 0 spiro atoms. The Kier molecular flexibility index (Phi) is 11.6. The summed E-state index contributed by atoms with van der Waals surface area (Å²) in [6.07, 6.45) is -4.74. The van der Waals surface area contributed by atoms with Crippen molar-refractivity contribution in [3.63, 3.8) is 0 Å². The Morgan fingerprint density at radius 2 is 1.43 bits per heavy atom. The van der Waals surface area contributed by atoms with Crippen molar-refractivity contribution in [2.45, 2.75) is 46.0 Å². The SMILES string of the molecule is CCN(CC)CCN(Cc1ccc(-c2ccc(C(F)(F)F)cc2)cc1F)C(=O)Cn1c(CCc2ccc(F)c(F)c2F)nc(=O)c2ccccc21. The molecule has 0 atom stereocenters. The first-order valence-electron chi connectivity index (χ1n) is 16.4. The van der Waals surface area contributed by atoms with Gasteiger partial charge in [0.25, 0.3) is 5.56 Å². The van der Waals surface area contributed by atoms with Crippen molar-refractivity contribution in [2.75, 3.05) is 26.2 Å². The highest BCUT2D eigenvalue weighted by Gasteiger charge is 2.30. The van der Waals surface area contributed by atoms with Crippen molar-refractivity contribution < 1.29 is 35.5 Å². The second-order valence-electron chi connectivity index (χ2n) is 12.0. The summed E-state index contributed by atoms with van der Waals surface area (Å²) in [5.41, 5.74) is -0.238. The van der Waals surface area contributed by atoms with Crippen LogP contribution in [0.5, 0.6) is 0 Å². The second kappa shape index (κ2) is 15.9. The average molecular weight is 713 g/mol. The molecule has 0 bridgehead atoms. The van der Waals surface area contributed by atoms with E-state index in [4.69, 9.17) is 0 Å². The normalized spacial score (nSPS) is 11.8. The smallest absolute Gasteiger partial charge is 0.335 e. The van der Waals surface area contributed by atoms with E-state index in [1.54, 1.807) is 30.3 Å². The lowest BCUT2D eigenvalue weighted by Gasteiger charge is -2.28. The van der Waals surface area contributed by atoms with Gasteiger partial charge in [-0.25, -0.2) is 17.6 Å². The van der Waals surface area contributed by atoms with Crippen LogP contribution >= 0.6 is 0 Å². The zero-order chi connectivity index (χ0) is 36.9. The van der Waals surface area contributed by atoms with Gasteiger partial charge in [0.15, 0.2) is 17.5 Å². The van der Waals surface area contributed by atoms with E-state index in [0.717, 1.165) is 24.3 Å². The topological polar surface area (TPSA) is 58.4 Å². The number of hydrogen-bond donors (Lipinski definition) is 0. The Morgan fingerprint density at radius 1 is 0.765 bits per heavy atom. The molecule has 0 aliphatic heterocycles. The summed E-state index contributed by atoms with van der Waals surface area (Å²) in [4.78, 5) is 34.8. The molecular weight excluding hydrogens is 677 g/mol. The van der Waals surface area contributed by atoms with Gasteiger partial charge in [0.2, 0.25) is 5.91 Å². The van der Waals surface area contributed by atoms with E-state index < -0.39 is 46.5 Å². The van der Waals surface area contributed by atoms with Crippen LogP contribution in [0.2, 0.25) is 0 Å². The third-order valence-electron chi connectivity index (χ3n) is 8.89. The third kappa shape index (κ3) is 8.65. The van der Waals surface area contributed by atoms with Crippen molar-refractivity contribution in [1.29, 1.82) is 0 Å². The molecule has 0 unspecified atom stereocenters. The number of rotatable bonds is 13. The van der Waals surface area contributed by atoms with Crippen LogP contribution in [0.4, 0.5) is 30.7 Å². The Balaban J connectivity index is 1.45. The number of fused-ring (bicyclic) bond motifs is 1. The molecule has 13 heteroatoms. The molecule has 0 radical (unpaired) electrons. The molecule has 268 valence electrons. The van der Waals surface area contributed by atoms with Crippen molar-refractivity contribution in [3.8, 4) is 11.1 Å². The molecule has 4 aromatic carbocycles. The quantitative estimate of drug-likeness (QED) is 0.0925.